The fraction of sp³-hybridized carbons (Fsp3) is 0.735. The second-order valence-corrected chi connectivity index (χ2v) is 19.0. The number of carbonyl (C=O) groups excluding carboxylic acids is 5. The van der Waals surface area contributed by atoms with E-state index in [0.717, 1.165) is 10.5 Å². The number of fused-ring (bicyclic) bond motifs is 3. The molecule has 0 aromatic carbocycles. The first-order valence-corrected chi connectivity index (χ1v) is 23.0. The molecule has 2 saturated heterocycles. The van der Waals surface area contributed by atoms with Crippen LogP contribution in [0.2, 0.25) is 0 Å². The van der Waals surface area contributed by atoms with Crippen LogP contribution in [0.3, 0.4) is 0 Å². The molecule has 14 nitrogen and oxygen atoms in total. The zero-order chi connectivity index (χ0) is 46.8. The average Bonchev–Trinajstić information content (AvgIpc) is 3.74. The molecular formula is C49H75NO13. The van der Waals surface area contributed by atoms with Crippen molar-refractivity contribution in [3.05, 3.63) is 47.6 Å². The van der Waals surface area contributed by atoms with Crippen molar-refractivity contribution in [3.8, 4) is 0 Å². The molecule has 1 amide bonds. The SMILES string of the molecule is CO[C@H]1C[C@@H]2CC[C@@H](C)[C@@](O)(O2)C(=O)C(=O)N2CCC[C@H]2C(=O)O[C@H]([C@H](C)CC2CC[C@H](O)[C@@H](O)C2)CC(=O)[C@H](C)/C=C(/C)[C@@H](O)[C@@H](OC)C(=O)[C@H](C)C[C@H](C)\C=C/C=C/C=C/1C. The van der Waals surface area contributed by atoms with E-state index in [1.54, 1.807) is 40.9 Å². The Hall–Kier alpha value is -3.37. The van der Waals surface area contributed by atoms with Gasteiger partial charge < -0.3 is 44.3 Å². The Morgan fingerprint density at radius 1 is 0.857 bits per heavy atom. The van der Waals surface area contributed by atoms with Crippen LogP contribution in [0.25, 0.3) is 0 Å². The first-order valence-electron chi connectivity index (χ1n) is 23.0. The molecular weight excluding hydrogens is 811 g/mol. The number of aliphatic hydroxyl groups is 4. The lowest BCUT2D eigenvalue weighted by Crippen LogP contribution is -2.59. The number of hydrogen-bond donors (Lipinski definition) is 4. The number of allylic oxidation sites excluding steroid dienone is 6. The predicted octanol–water partition coefficient (Wildman–Crippen LogP) is 5.14. The maximum Gasteiger partial charge on any atom is 0.329 e. The molecule has 2 bridgehead atoms. The predicted molar refractivity (Wildman–Crippen MR) is 236 cm³/mol. The molecule has 0 aromatic heterocycles. The van der Waals surface area contributed by atoms with Gasteiger partial charge in [-0.3, -0.25) is 19.2 Å². The number of amides is 1. The second kappa shape index (κ2) is 23.7. The molecule has 4 rings (SSSR count). The molecule has 4 aliphatic rings. The number of cyclic esters (lactones) is 1. The lowest BCUT2D eigenvalue weighted by molar-refractivity contribution is -0.265. The van der Waals surface area contributed by atoms with Crippen LogP contribution in [0.4, 0.5) is 0 Å². The van der Waals surface area contributed by atoms with Crippen LogP contribution in [-0.4, -0.2) is 130 Å². The zero-order valence-electron chi connectivity index (χ0n) is 38.9. The molecule has 1 saturated carbocycles. The summed E-state index contributed by atoms with van der Waals surface area (Å²) in [4.78, 5) is 71.0. The third-order valence-electron chi connectivity index (χ3n) is 14.0. The van der Waals surface area contributed by atoms with Crippen LogP contribution in [0, 0.1) is 35.5 Å². The van der Waals surface area contributed by atoms with Crippen molar-refractivity contribution in [2.75, 3.05) is 20.8 Å². The van der Waals surface area contributed by atoms with Crippen LogP contribution in [0.15, 0.2) is 47.6 Å². The Balaban J connectivity index is 1.68. The highest BCUT2D eigenvalue weighted by atomic mass is 16.6. The van der Waals surface area contributed by atoms with Crippen molar-refractivity contribution in [1.82, 2.24) is 4.90 Å². The van der Waals surface area contributed by atoms with Gasteiger partial charge in [-0.25, -0.2) is 4.79 Å². The van der Waals surface area contributed by atoms with Gasteiger partial charge in [0, 0.05) is 51.4 Å². The largest absolute Gasteiger partial charge is 0.460 e. The van der Waals surface area contributed by atoms with Crippen molar-refractivity contribution in [2.24, 2.45) is 35.5 Å². The molecule has 1 unspecified atom stereocenters. The number of methoxy groups -OCH3 is 2. The number of hydrogen-bond acceptors (Lipinski definition) is 13. The van der Waals surface area contributed by atoms with Crippen molar-refractivity contribution >= 4 is 29.2 Å². The Morgan fingerprint density at radius 2 is 1.57 bits per heavy atom. The van der Waals surface area contributed by atoms with E-state index < -0.39 is 95.9 Å². The number of rotatable bonds is 5. The van der Waals surface area contributed by atoms with E-state index in [2.05, 4.69) is 0 Å². The molecule has 4 N–H and O–H groups in total. The second-order valence-electron chi connectivity index (χ2n) is 19.0. The average molecular weight is 886 g/mol. The van der Waals surface area contributed by atoms with Gasteiger partial charge >= 0.3 is 5.97 Å². The van der Waals surface area contributed by atoms with Crippen LogP contribution in [0.1, 0.15) is 119 Å². The van der Waals surface area contributed by atoms with E-state index in [9.17, 15) is 44.4 Å². The summed E-state index contributed by atoms with van der Waals surface area (Å²) in [5.74, 6) is -8.29. The summed E-state index contributed by atoms with van der Waals surface area (Å²) in [5, 5.41) is 43.8. The summed E-state index contributed by atoms with van der Waals surface area (Å²) >= 11 is 0. The first kappa shape index (κ1) is 52.3. The maximum atomic E-state index is 14.1. The third-order valence-corrected chi connectivity index (χ3v) is 14.0. The number of nitrogens with zero attached hydrogens (tertiary/aromatic N) is 1. The van der Waals surface area contributed by atoms with Gasteiger partial charge in [-0.2, -0.15) is 0 Å². The molecule has 14 heteroatoms. The van der Waals surface area contributed by atoms with Crippen molar-refractivity contribution < 1.29 is 63.3 Å². The van der Waals surface area contributed by atoms with Gasteiger partial charge in [0.05, 0.1) is 24.4 Å². The molecule has 1 aliphatic carbocycles. The van der Waals surface area contributed by atoms with Crippen LogP contribution in [0.5, 0.6) is 0 Å². The molecule has 0 spiro atoms. The van der Waals surface area contributed by atoms with Crippen LogP contribution in [-0.2, 0) is 42.9 Å². The summed E-state index contributed by atoms with van der Waals surface area (Å²) in [7, 11) is 2.93. The molecule has 3 aliphatic heterocycles. The normalized spacial score (nSPS) is 41.1. The fourth-order valence-electron chi connectivity index (χ4n) is 9.72. The molecule has 63 heavy (non-hydrogen) atoms. The third kappa shape index (κ3) is 13.6. The molecule has 0 aromatic rings. The minimum absolute atomic E-state index is 0.0124. The summed E-state index contributed by atoms with van der Waals surface area (Å²) in [6.07, 6.45) is 8.92. The topological polar surface area (TPSA) is 206 Å². The molecule has 3 heterocycles. The van der Waals surface area contributed by atoms with Gasteiger partial charge in [-0.05, 0) is 101 Å². The number of carbonyl (C=O) groups is 5. The van der Waals surface area contributed by atoms with E-state index in [1.165, 1.54) is 7.11 Å². The lowest BCUT2D eigenvalue weighted by Gasteiger charge is -2.41. The van der Waals surface area contributed by atoms with E-state index in [-0.39, 0.29) is 42.8 Å². The highest BCUT2D eigenvalue weighted by molar-refractivity contribution is 6.39. The van der Waals surface area contributed by atoms with E-state index in [0.29, 0.717) is 63.4 Å². The number of ether oxygens (including phenoxy) is 4. The molecule has 15 atom stereocenters. The standard InChI is InChI=1S/C49H75NO13/c1-28-14-11-10-12-15-29(2)41(60-8)26-36-19-17-34(7)49(59,63-36)46(56)47(57)50-21-13-16-37(50)48(58)62-42(31(4)24-35-18-20-38(51)40(53)25-35)27-39(52)30(3)23-33(6)44(55)45(61-9)43(54)32(5)22-28/h10-12,14-15,23,28,30-32,34-38,40-42,44-45,51,53,55,59H,13,16-22,24-27H2,1-9H3/b12-10+,14-11-,29-15+,33-23-/t28-,30-,31-,32-,34-,35?,36+,37+,38+,40+,41+,42+,44-,45+,49-/m1/s1. The van der Waals surface area contributed by atoms with E-state index in [4.69, 9.17) is 18.9 Å². The Morgan fingerprint density at radius 3 is 2.24 bits per heavy atom. The lowest BCUT2D eigenvalue weighted by atomic mass is 9.78. The quantitative estimate of drug-likeness (QED) is 0.161. The van der Waals surface area contributed by atoms with Crippen molar-refractivity contribution in [2.45, 2.75) is 174 Å². The van der Waals surface area contributed by atoms with Gasteiger partial charge in [-0.15, -0.1) is 0 Å². The smallest absolute Gasteiger partial charge is 0.329 e. The monoisotopic (exact) mass is 886 g/mol. The molecule has 0 radical (unpaired) electrons. The number of ketones is 3. The molecule has 354 valence electrons. The summed E-state index contributed by atoms with van der Waals surface area (Å²) in [6.45, 7) is 12.6. The van der Waals surface area contributed by atoms with E-state index in [1.807, 2.05) is 51.2 Å². The summed E-state index contributed by atoms with van der Waals surface area (Å²) < 4.78 is 23.6. The summed E-state index contributed by atoms with van der Waals surface area (Å²) in [6, 6.07) is -1.15. The number of esters is 1. The fourth-order valence-corrected chi connectivity index (χ4v) is 9.72. The van der Waals surface area contributed by atoms with Crippen molar-refractivity contribution in [3.63, 3.8) is 0 Å². The Bertz CT molecular complexity index is 1720. The van der Waals surface area contributed by atoms with Crippen LogP contribution < -0.4 is 0 Å². The minimum atomic E-state index is -2.43. The first-order chi connectivity index (χ1) is 29.7. The van der Waals surface area contributed by atoms with Crippen LogP contribution >= 0.6 is 0 Å². The maximum absolute atomic E-state index is 14.1. The van der Waals surface area contributed by atoms with Gasteiger partial charge in [0.2, 0.25) is 5.79 Å². The minimum Gasteiger partial charge on any atom is -0.460 e. The van der Waals surface area contributed by atoms with Gasteiger partial charge in [-0.1, -0.05) is 71.1 Å². The van der Waals surface area contributed by atoms with Gasteiger partial charge in [0.15, 0.2) is 5.78 Å². The highest BCUT2D eigenvalue weighted by Crippen LogP contribution is 2.37. The van der Waals surface area contributed by atoms with E-state index >= 15 is 0 Å². The van der Waals surface area contributed by atoms with Crippen molar-refractivity contribution in [1.29, 1.82) is 0 Å². The number of Topliss-reactive ketones (excluding diaryl/α,β-unsaturated/α-hetero) is 3. The Labute approximate surface area is 374 Å². The number of aliphatic hydroxyl groups excluding tert-OH is 3. The summed E-state index contributed by atoms with van der Waals surface area (Å²) in [5.41, 5.74) is 1.24. The highest BCUT2D eigenvalue weighted by Gasteiger charge is 2.53. The Kier molecular flexibility index (Phi) is 19.7. The van der Waals surface area contributed by atoms with Gasteiger partial charge in [0.1, 0.15) is 30.1 Å². The van der Waals surface area contributed by atoms with Gasteiger partial charge in [0.25, 0.3) is 11.7 Å². The zero-order valence-corrected chi connectivity index (χ0v) is 38.9. The molecule has 3 fully saturated rings.